The molecule has 176 valence electrons. The molecule has 0 fully saturated rings. The van der Waals surface area contributed by atoms with Crippen LogP contribution < -0.4 is 15.6 Å². The average Bonchev–Trinajstić information content (AvgIpc) is 3.38. The fourth-order valence-electron chi connectivity index (χ4n) is 4.04. The topological polar surface area (TPSA) is 89.6 Å². The number of hydrogen-bond acceptors (Lipinski definition) is 5. The van der Waals surface area contributed by atoms with Crippen molar-refractivity contribution in [2.75, 3.05) is 13.7 Å². The summed E-state index contributed by atoms with van der Waals surface area (Å²) in [6.07, 6.45) is 2.12. The summed E-state index contributed by atoms with van der Waals surface area (Å²) in [6.45, 7) is 4.55. The molecule has 0 bridgehead atoms. The van der Waals surface area contributed by atoms with Crippen molar-refractivity contribution in [2.24, 2.45) is 0 Å². The fourth-order valence-corrected chi connectivity index (χ4v) is 4.04. The first-order valence-electron chi connectivity index (χ1n) is 11.3. The van der Waals surface area contributed by atoms with Gasteiger partial charge >= 0.3 is 6.03 Å². The molecular formula is C26H28N4O4. The first kappa shape index (κ1) is 23.1. The second-order valence-electron chi connectivity index (χ2n) is 7.79. The second kappa shape index (κ2) is 10.2. The molecule has 1 N–H and O–H groups in total. The van der Waals surface area contributed by atoms with E-state index in [9.17, 15) is 9.59 Å². The van der Waals surface area contributed by atoms with Gasteiger partial charge in [-0.2, -0.15) is 0 Å². The van der Waals surface area contributed by atoms with Gasteiger partial charge in [-0.15, -0.1) is 0 Å². The van der Waals surface area contributed by atoms with E-state index in [2.05, 4.69) is 5.32 Å². The maximum absolute atomic E-state index is 13.7. The molecule has 0 aliphatic carbocycles. The third-order valence-electron chi connectivity index (χ3n) is 5.69. The molecular weight excluding hydrogens is 432 g/mol. The number of rotatable bonds is 8. The Morgan fingerprint density at radius 2 is 1.88 bits per heavy atom. The molecule has 1 atom stereocenters. The Kier molecular flexibility index (Phi) is 6.96. The number of carbonyl (C=O) groups excluding carboxylic acids is 1. The number of para-hydroxylation sites is 1. The van der Waals surface area contributed by atoms with E-state index in [0.29, 0.717) is 46.9 Å². The van der Waals surface area contributed by atoms with Gasteiger partial charge in [-0.05, 0) is 61.9 Å². The van der Waals surface area contributed by atoms with E-state index in [0.717, 1.165) is 0 Å². The second-order valence-corrected chi connectivity index (χ2v) is 7.79. The monoisotopic (exact) mass is 460 g/mol. The quantitative estimate of drug-likeness (QED) is 0.413. The summed E-state index contributed by atoms with van der Waals surface area (Å²) in [4.78, 5) is 33.4. The smallest absolute Gasteiger partial charge is 0.318 e. The maximum atomic E-state index is 13.7. The van der Waals surface area contributed by atoms with Crippen LogP contribution in [0.15, 0.2) is 76.1 Å². The zero-order valence-corrected chi connectivity index (χ0v) is 19.5. The third kappa shape index (κ3) is 4.52. The molecule has 2 heterocycles. The lowest BCUT2D eigenvalue weighted by Gasteiger charge is -2.31. The van der Waals surface area contributed by atoms with Crippen LogP contribution in [0.1, 0.15) is 37.9 Å². The number of aromatic nitrogens is 2. The third-order valence-corrected chi connectivity index (χ3v) is 5.69. The van der Waals surface area contributed by atoms with Crippen molar-refractivity contribution in [1.29, 1.82) is 0 Å². The molecule has 0 saturated heterocycles. The minimum absolute atomic E-state index is 0.196. The number of furan rings is 1. The van der Waals surface area contributed by atoms with Crippen LogP contribution in [-0.2, 0) is 6.54 Å². The van der Waals surface area contributed by atoms with Crippen molar-refractivity contribution in [2.45, 2.75) is 32.9 Å². The van der Waals surface area contributed by atoms with Gasteiger partial charge in [0, 0.05) is 6.54 Å². The Balaban J connectivity index is 1.93. The van der Waals surface area contributed by atoms with E-state index >= 15 is 0 Å². The van der Waals surface area contributed by atoms with E-state index in [1.54, 1.807) is 47.1 Å². The Morgan fingerprint density at radius 1 is 1.12 bits per heavy atom. The van der Waals surface area contributed by atoms with Crippen LogP contribution in [0, 0.1) is 0 Å². The van der Waals surface area contributed by atoms with Gasteiger partial charge in [0.2, 0.25) is 0 Å². The fraction of sp³-hybridized carbons (Fsp3) is 0.269. The highest BCUT2D eigenvalue weighted by atomic mass is 16.5. The molecule has 0 saturated carbocycles. The largest absolute Gasteiger partial charge is 0.497 e. The number of carbonyl (C=O) groups is 1. The highest BCUT2D eigenvalue weighted by Gasteiger charge is 2.29. The van der Waals surface area contributed by atoms with Gasteiger partial charge in [-0.25, -0.2) is 9.78 Å². The first-order chi connectivity index (χ1) is 16.6. The molecule has 34 heavy (non-hydrogen) atoms. The molecule has 2 aromatic carbocycles. The van der Waals surface area contributed by atoms with Crippen molar-refractivity contribution in [1.82, 2.24) is 19.8 Å². The zero-order chi connectivity index (χ0) is 24.1. The summed E-state index contributed by atoms with van der Waals surface area (Å²) in [6, 6.07) is 17.3. The molecule has 0 aliphatic heterocycles. The van der Waals surface area contributed by atoms with Crippen LogP contribution >= 0.6 is 0 Å². The number of ether oxygens (including phenoxy) is 1. The number of hydrogen-bond donors (Lipinski definition) is 1. The van der Waals surface area contributed by atoms with Crippen LogP contribution in [0.3, 0.4) is 0 Å². The minimum Gasteiger partial charge on any atom is -0.497 e. The van der Waals surface area contributed by atoms with Gasteiger partial charge in [0.25, 0.3) is 5.56 Å². The lowest BCUT2D eigenvalue weighted by molar-refractivity contribution is 0.158. The minimum atomic E-state index is -0.490. The number of nitrogens with one attached hydrogen (secondary N) is 1. The Hall–Kier alpha value is -4.07. The summed E-state index contributed by atoms with van der Waals surface area (Å²) in [5.41, 5.74) is 1.03. The number of urea groups is 1. The highest BCUT2D eigenvalue weighted by molar-refractivity contribution is 5.78. The predicted molar refractivity (Wildman–Crippen MR) is 130 cm³/mol. The normalized spacial score (nSPS) is 11.9. The van der Waals surface area contributed by atoms with Crippen LogP contribution in [0.5, 0.6) is 5.75 Å². The molecule has 8 nitrogen and oxygen atoms in total. The SMILES string of the molecule is CCNC(=O)N(Cc1ccco1)C(CC)c1nc2ccccc2c(=O)n1-c1ccc(OC)cc1. The van der Waals surface area contributed by atoms with Crippen LogP contribution in [0.25, 0.3) is 16.6 Å². The highest BCUT2D eigenvalue weighted by Crippen LogP contribution is 2.28. The molecule has 0 spiro atoms. The Labute approximate surface area is 197 Å². The van der Waals surface area contributed by atoms with E-state index in [1.807, 2.05) is 50.2 Å². The molecule has 4 rings (SSSR count). The number of fused-ring (bicyclic) bond motifs is 1. The first-order valence-corrected chi connectivity index (χ1v) is 11.3. The number of methoxy groups -OCH3 is 1. The molecule has 8 heteroatoms. The van der Waals surface area contributed by atoms with Crippen LogP contribution in [0.2, 0.25) is 0 Å². The van der Waals surface area contributed by atoms with Gasteiger partial charge in [-0.1, -0.05) is 19.1 Å². The van der Waals surface area contributed by atoms with E-state index in [-0.39, 0.29) is 18.1 Å². The summed E-state index contributed by atoms with van der Waals surface area (Å²) >= 11 is 0. The zero-order valence-electron chi connectivity index (χ0n) is 19.5. The molecule has 0 aliphatic rings. The predicted octanol–water partition coefficient (Wildman–Crippen LogP) is 4.67. The van der Waals surface area contributed by atoms with Gasteiger partial charge in [0.05, 0.1) is 42.5 Å². The van der Waals surface area contributed by atoms with Crippen molar-refractivity contribution in [3.05, 3.63) is 88.9 Å². The van der Waals surface area contributed by atoms with Crippen molar-refractivity contribution in [3.63, 3.8) is 0 Å². The number of nitrogens with zero attached hydrogens (tertiary/aromatic N) is 3. The number of benzene rings is 2. The van der Waals surface area contributed by atoms with Crippen molar-refractivity contribution in [3.8, 4) is 11.4 Å². The molecule has 0 radical (unpaired) electrons. The summed E-state index contributed by atoms with van der Waals surface area (Å²) in [5, 5.41) is 3.39. The van der Waals surface area contributed by atoms with Gasteiger partial charge < -0.3 is 19.4 Å². The molecule has 4 aromatic rings. The number of amides is 2. The van der Waals surface area contributed by atoms with E-state index < -0.39 is 6.04 Å². The summed E-state index contributed by atoms with van der Waals surface area (Å²) < 4.78 is 12.4. The van der Waals surface area contributed by atoms with Gasteiger partial charge in [-0.3, -0.25) is 9.36 Å². The average molecular weight is 461 g/mol. The van der Waals surface area contributed by atoms with Crippen LogP contribution in [0.4, 0.5) is 4.79 Å². The summed E-state index contributed by atoms with van der Waals surface area (Å²) in [5.74, 6) is 1.80. The van der Waals surface area contributed by atoms with E-state index in [1.165, 1.54) is 0 Å². The molecule has 2 aromatic heterocycles. The Morgan fingerprint density at radius 3 is 2.53 bits per heavy atom. The molecule has 2 amide bonds. The maximum Gasteiger partial charge on any atom is 0.318 e. The molecule has 1 unspecified atom stereocenters. The van der Waals surface area contributed by atoms with Crippen molar-refractivity contribution < 1.29 is 13.9 Å². The van der Waals surface area contributed by atoms with Crippen molar-refractivity contribution >= 4 is 16.9 Å². The van der Waals surface area contributed by atoms with Gasteiger partial charge in [0.1, 0.15) is 17.3 Å². The lowest BCUT2D eigenvalue weighted by atomic mass is 10.1. The summed E-state index contributed by atoms with van der Waals surface area (Å²) in [7, 11) is 1.59. The standard InChI is InChI=1S/C26H28N4O4/c1-4-23(29(26(32)27-5-2)17-20-9-8-16-34-20)24-28-22-11-7-6-10-21(22)25(31)30(24)18-12-14-19(33-3)15-13-18/h6-16,23H,4-5,17H2,1-3H3,(H,27,32). The Bertz CT molecular complexity index is 1310. The van der Waals surface area contributed by atoms with Crippen LogP contribution in [-0.4, -0.2) is 34.1 Å². The lowest BCUT2D eigenvalue weighted by Crippen LogP contribution is -2.43. The van der Waals surface area contributed by atoms with E-state index in [4.69, 9.17) is 14.1 Å². The van der Waals surface area contributed by atoms with Gasteiger partial charge in [0.15, 0.2) is 0 Å².